The Kier molecular flexibility index (Phi) is 5.94. The molecule has 5 nitrogen and oxygen atoms in total. The van der Waals surface area contributed by atoms with Crippen molar-refractivity contribution in [1.82, 2.24) is 15.3 Å². The van der Waals surface area contributed by atoms with E-state index in [1.54, 1.807) is 19.5 Å². The Balaban J connectivity index is 1.32. The highest BCUT2D eigenvalue weighted by molar-refractivity contribution is 6.00. The number of hydrogen-bond donors (Lipinski definition) is 2. The Bertz CT molecular complexity index is 926. The molecule has 1 amide bonds. The van der Waals surface area contributed by atoms with Crippen LogP contribution in [-0.4, -0.2) is 29.5 Å². The molecular weight excluding hydrogens is 362 g/mol. The average molecular weight is 389 g/mol. The molecule has 2 heterocycles. The van der Waals surface area contributed by atoms with Crippen molar-refractivity contribution >= 4 is 5.91 Å². The van der Waals surface area contributed by atoms with E-state index >= 15 is 0 Å². The Hall–Kier alpha value is -3.08. The number of nitrogens with one attached hydrogen (secondary N) is 2. The van der Waals surface area contributed by atoms with Gasteiger partial charge in [0.15, 0.2) is 0 Å². The van der Waals surface area contributed by atoms with E-state index in [0.29, 0.717) is 23.1 Å². The number of aromatic amines is 1. The van der Waals surface area contributed by atoms with Gasteiger partial charge in [-0.3, -0.25) is 9.78 Å². The van der Waals surface area contributed by atoms with Crippen LogP contribution in [-0.2, 0) is 0 Å². The van der Waals surface area contributed by atoms with Crippen LogP contribution in [0.4, 0.5) is 0 Å². The van der Waals surface area contributed by atoms with Gasteiger partial charge in [-0.25, -0.2) is 0 Å². The van der Waals surface area contributed by atoms with Gasteiger partial charge in [-0.2, -0.15) is 0 Å². The van der Waals surface area contributed by atoms with E-state index in [1.807, 2.05) is 18.3 Å². The minimum absolute atomic E-state index is 0.0518. The van der Waals surface area contributed by atoms with Crippen LogP contribution >= 0.6 is 0 Å². The van der Waals surface area contributed by atoms with Crippen LogP contribution in [0.2, 0.25) is 0 Å². The molecule has 1 fully saturated rings. The highest BCUT2D eigenvalue weighted by Crippen LogP contribution is 2.35. The number of carbonyl (C=O) groups excluding carboxylic acids is 1. The molecule has 29 heavy (non-hydrogen) atoms. The molecule has 0 aliphatic heterocycles. The summed E-state index contributed by atoms with van der Waals surface area (Å²) in [6.45, 7) is 0.723. The van der Waals surface area contributed by atoms with Gasteiger partial charge >= 0.3 is 0 Å². The highest BCUT2D eigenvalue weighted by atomic mass is 16.5. The van der Waals surface area contributed by atoms with Crippen LogP contribution < -0.4 is 10.1 Å². The van der Waals surface area contributed by atoms with E-state index in [2.05, 4.69) is 45.6 Å². The number of pyridine rings is 1. The predicted octanol–water partition coefficient (Wildman–Crippen LogP) is 4.79. The quantitative estimate of drug-likeness (QED) is 0.637. The Morgan fingerprint density at radius 3 is 2.59 bits per heavy atom. The number of H-pyrrole nitrogens is 1. The summed E-state index contributed by atoms with van der Waals surface area (Å²) < 4.78 is 5.16. The zero-order chi connectivity index (χ0) is 20.1. The normalized spacial score (nSPS) is 18.9. The van der Waals surface area contributed by atoms with E-state index in [1.165, 1.54) is 18.4 Å². The van der Waals surface area contributed by atoms with Crippen molar-refractivity contribution in [1.29, 1.82) is 0 Å². The maximum absolute atomic E-state index is 12.8. The standard InChI is InChI=1S/C24H27N3O2/c1-29-20-11-12-23(26-14-20)21-15-25-16-22(21)24(28)27-13-17-7-9-19(10-8-17)18-5-3-2-4-6-18/h2-6,11-12,14-17,19,25H,7-10,13H2,1H3,(H,27,28). The maximum atomic E-state index is 12.8. The first kappa shape index (κ1) is 19.2. The van der Waals surface area contributed by atoms with Crippen LogP contribution in [0.3, 0.4) is 0 Å². The summed E-state index contributed by atoms with van der Waals surface area (Å²) in [6.07, 6.45) is 9.90. The number of methoxy groups -OCH3 is 1. The molecule has 1 aliphatic rings. The van der Waals surface area contributed by atoms with E-state index in [0.717, 1.165) is 30.6 Å². The van der Waals surface area contributed by atoms with E-state index in [-0.39, 0.29) is 5.91 Å². The number of amides is 1. The lowest BCUT2D eigenvalue weighted by molar-refractivity contribution is 0.0943. The predicted molar refractivity (Wildman–Crippen MR) is 114 cm³/mol. The first-order valence-electron chi connectivity index (χ1n) is 10.2. The van der Waals surface area contributed by atoms with Gasteiger partial charge in [-0.1, -0.05) is 30.3 Å². The van der Waals surface area contributed by atoms with Crippen molar-refractivity contribution in [3.05, 3.63) is 72.2 Å². The van der Waals surface area contributed by atoms with Gasteiger partial charge in [0.25, 0.3) is 5.91 Å². The summed E-state index contributed by atoms with van der Waals surface area (Å²) in [6, 6.07) is 14.5. The topological polar surface area (TPSA) is 67.0 Å². The van der Waals surface area contributed by atoms with E-state index in [4.69, 9.17) is 4.74 Å². The van der Waals surface area contributed by atoms with Crippen LogP contribution in [0, 0.1) is 5.92 Å². The van der Waals surface area contributed by atoms with Gasteiger partial charge in [-0.15, -0.1) is 0 Å². The molecule has 1 aliphatic carbocycles. The van der Waals surface area contributed by atoms with Gasteiger partial charge in [0.05, 0.1) is 24.6 Å². The fraction of sp³-hybridized carbons (Fsp3) is 0.333. The van der Waals surface area contributed by atoms with Crippen LogP contribution in [0.1, 0.15) is 47.5 Å². The summed E-state index contributed by atoms with van der Waals surface area (Å²) in [5.41, 5.74) is 3.62. The SMILES string of the molecule is COc1ccc(-c2c[nH]cc2C(=O)NCC2CCC(c3ccccc3)CC2)nc1. The second kappa shape index (κ2) is 8.95. The highest BCUT2D eigenvalue weighted by Gasteiger charge is 2.23. The molecule has 2 N–H and O–H groups in total. The molecular formula is C24H27N3O2. The van der Waals surface area contributed by atoms with Gasteiger partial charge < -0.3 is 15.0 Å². The van der Waals surface area contributed by atoms with Gasteiger partial charge in [0, 0.05) is 24.5 Å². The van der Waals surface area contributed by atoms with Crippen molar-refractivity contribution in [2.24, 2.45) is 5.92 Å². The zero-order valence-corrected chi connectivity index (χ0v) is 16.7. The minimum atomic E-state index is -0.0518. The van der Waals surface area contributed by atoms with E-state index in [9.17, 15) is 4.79 Å². The van der Waals surface area contributed by atoms with Crippen molar-refractivity contribution < 1.29 is 9.53 Å². The van der Waals surface area contributed by atoms with Gasteiger partial charge in [-0.05, 0) is 55.2 Å². The fourth-order valence-electron chi connectivity index (χ4n) is 4.18. The second-order valence-electron chi connectivity index (χ2n) is 7.70. The molecule has 0 radical (unpaired) electrons. The third-order valence-electron chi connectivity index (χ3n) is 5.91. The van der Waals surface area contributed by atoms with Crippen molar-refractivity contribution in [2.45, 2.75) is 31.6 Å². The van der Waals surface area contributed by atoms with Crippen molar-refractivity contribution in [2.75, 3.05) is 13.7 Å². The molecule has 0 unspecified atom stereocenters. The fourth-order valence-corrected chi connectivity index (χ4v) is 4.18. The number of hydrogen-bond acceptors (Lipinski definition) is 3. The van der Waals surface area contributed by atoms with Crippen LogP contribution in [0.5, 0.6) is 5.75 Å². The third-order valence-corrected chi connectivity index (χ3v) is 5.91. The van der Waals surface area contributed by atoms with Crippen LogP contribution in [0.25, 0.3) is 11.3 Å². The molecule has 5 heteroatoms. The second-order valence-corrected chi connectivity index (χ2v) is 7.70. The third kappa shape index (κ3) is 4.50. The van der Waals surface area contributed by atoms with E-state index < -0.39 is 0 Å². The Morgan fingerprint density at radius 2 is 1.90 bits per heavy atom. The number of nitrogens with zero attached hydrogens (tertiary/aromatic N) is 1. The molecule has 4 rings (SSSR count). The molecule has 0 atom stereocenters. The maximum Gasteiger partial charge on any atom is 0.253 e. The molecule has 1 saturated carbocycles. The first-order valence-corrected chi connectivity index (χ1v) is 10.2. The number of rotatable bonds is 6. The van der Waals surface area contributed by atoms with Crippen LogP contribution in [0.15, 0.2) is 61.1 Å². The molecule has 0 saturated heterocycles. The van der Waals surface area contributed by atoms with Crippen molar-refractivity contribution in [3.63, 3.8) is 0 Å². The molecule has 3 aromatic rings. The summed E-state index contributed by atoms with van der Waals surface area (Å²) in [4.78, 5) is 20.2. The Morgan fingerprint density at radius 1 is 1.10 bits per heavy atom. The molecule has 1 aromatic carbocycles. The molecule has 0 spiro atoms. The molecule has 150 valence electrons. The lowest BCUT2D eigenvalue weighted by Crippen LogP contribution is -2.31. The lowest BCUT2D eigenvalue weighted by Gasteiger charge is -2.29. The summed E-state index contributed by atoms with van der Waals surface area (Å²) in [5.74, 6) is 1.84. The minimum Gasteiger partial charge on any atom is -0.495 e. The lowest BCUT2D eigenvalue weighted by atomic mass is 9.78. The average Bonchev–Trinajstić information content (AvgIpc) is 3.28. The number of carbonyl (C=O) groups is 1. The summed E-state index contributed by atoms with van der Waals surface area (Å²) >= 11 is 0. The molecule has 0 bridgehead atoms. The molecule has 2 aromatic heterocycles. The first-order chi connectivity index (χ1) is 14.2. The monoisotopic (exact) mass is 389 g/mol. The smallest absolute Gasteiger partial charge is 0.253 e. The van der Waals surface area contributed by atoms with Gasteiger partial charge in [0.2, 0.25) is 0 Å². The Labute approximate surface area is 171 Å². The number of aromatic nitrogens is 2. The number of benzene rings is 1. The summed E-state index contributed by atoms with van der Waals surface area (Å²) in [5, 5.41) is 3.13. The zero-order valence-electron chi connectivity index (χ0n) is 16.7. The largest absolute Gasteiger partial charge is 0.495 e. The summed E-state index contributed by atoms with van der Waals surface area (Å²) in [7, 11) is 1.61. The van der Waals surface area contributed by atoms with Crippen molar-refractivity contribution in [3.8, 4) is 17.0 Å². The van der Waals surface area contributed by atoms with Gasteiger partial charge in [0.1, 0.15) is 5.75 Å². The number of ether oxygens (including phenoxy) is 1.